The predicted molar refractivity (Wildman–Crippen MR) is 61.4 cm³/mol. The first-order valence-corrected chi connectivity index (χ1v) is 5.47. The molecule has 5 nitrogen and oxygen atoms in total. The van der Waals surface area contributed by atoms with Gasteiger partial charge in [-0.15, -0.1) is 0 Å². The van der Waals surface area contributed by atoms with Crippen molar-refractivity contribution in [3.63, 3.8) is 0 Å². The summed E-state index contributed by atoms with van der Waals surface area (Å²) in [6.07, 6.45) is 0. The van der Waals surface area contributed by atoms with Gasteiger partial charge in [0.05, 0.1) is 19.8 Å². The van der Waals surface area contributed by atoms with Crippen LogP contribution in [0.1, 0.15) is 20.8 Å². The molecule has 0 spiro atoms. The monoisotopic (exact) mass is 233 g/mol. The summed E-state index contributed by atoms with van der Waals surface area (Å²) in [5, 5.41) is 2.96. The van der Waals surface area contributed by atoms with Crippen LogP contribution in [0.15, 0.2) is 0 Å². The van der Waals surface area contributed by atoms with E-state index in [0.29, 0.717) is 19.8 Å². The van der Waals surface area contributed by atoms with Gasteiger partial charge in [0.2, 0.25) is 0 Å². The lowest BCUT2D eigenvalue weighted by Gasteiger charge is -2.19. The Labute approximate surface area is 97.4 Å². The number of carbonyl (C=O) groups excluding carboxylic acids is 1. The molecule has 96 valence electrons. The standard InChI is InChI=1S/C11H23NO4/c1-11(2,3)16-10(13)9-15-8-7-14-6-5-12-4/h12H,5-9H2,1-4H3. The highest BCUT2D eigenvalue weighted by Crippen LogP contribution is 2.06. The molecule has 0 bridgehead atoms. The Bertz CT molecular complexity index is 189. The summed E-state index contributed by atoms with van der Waals surface area (Å²) in [6, 6.07) is 0. The van der Waals surface area contributed by atoms with Gasteiger partial charge in [-0.05, 0) is 27.8 Å². The van der Waals surface area contributed by atoms with Crippen molar-refractivity contribution in [1.82, 2.24) is 5.32 Å². The van der Waals surface area contributed by atoms with Crippen molar-refractivity contribution in [3.05, 3.63) is 0 Å². The highest BCUT2D eigenvalue weighted by atomic mass is 16.6. The Morgan fingerprint density at radius 1 is 1.12 bits per heavy atom. The summed E-state index contributed by atoms with van der Waals surface area (Å²) < 4.78 is 15.4. The number of hydrogen-bond acceptors (Lipinski definition) is 5. The zero-order valence-corrected chi connectivity index (χ0v) is 10.7. The van der Waals surface area contributed by atoms with Crippen LogP contribution in [0, 0.1) is 0 Å². The first-order chi connectivity index (χ1) is 7.45. The van der Waals surface area contributed by atoms with E-state index >= 15 is 0 Å². The average molecular weight is 233 g/mol. The maximum Gasteiger partial charge on any atom is 0.332 e. The predicted octanol–water partition coefficient (Wildman–Crippen LogP) is 0.581. The molecule has 0 heterocycles. The Hall–Kier alpha value is -0.650. The molecule has 0 amide bonds. The molecule has 0 aliphatic heterocycles. The van der Waals surface area contributed by atoms with Crippen molar-refractivity contribution in [2.45, 2.75) is 26.4 Å². The number of carbonyl (C=O) groups is 1. The van der Waals surface area contributed by atoms with Crippen LogP contribution in [0.3, 0.4) is 0 Å². The van der Waals surface area contributed by atoms with Crippen LogP contribution in [0.5, 0.6) is 0 Å². The zero-order valence-electron chi connectivity index (χ0n) is 10.7. The molecular formula is C11H23NO4. The summed E-state index contributed by atoms with van der Waals surface area (Å²) in [6.45, 7) is 7.81. The van der Waals surface area contributed by atoms with E-state index in [4.69, 9.17) is 14.2 Å². The van der Waals surface area contributed by atoms with Crippen LogP contribution in [0.25, 0.3) is 0 Å². The van der Waals surface area contributed by atoms with E-state index in [0.717, 1.165) is 6.54 Å². The van der Waals surface area contributed by atoms with E-state index in [2.05, 4.69) is 5.32 Å². The highest BCUT2D eigenvalue weighted by molar-refractivity contribution is 5.71. The molecule has 0 atom stereocenters. The molecule has 0 fully saturated rings. The van der Waals surface area contributed by atoms with Crippen LogP contribution < -0.4 is 5.32 Å². The van der Waals surface area contributed by atoms with Gasteiger partial charge in [0, 0.05) is 6.54 Å². The maximum absolute atomic E-state index is 11.2. The minimum absolute atomic E-state index is 0.0212. The lowest BCUT2D eigenvalue weighted by atomic mass is 10.2. The molecule has 0 rings (SSSR count). The van der Waals surface area contributed by atoms with Gasteiger partial charge in [-0.1, -0.05) is 0 Å². The van der Waals surface area contributed by atoms with E-state index in [9.17, 15) is 4.79 Å². The molecule has 0 aromatic carbocycles. The summed E-state index contributed by atoms with van der Waals surface area (Å²) in [5.41, 5.74) is -0.455. The van der Waals surface area contributed by atoms with Crippen molar-refractivity contribution in [2.24, 2.45) is 0 Å². The molecule has 0 saturated heterocycles. The third kappa shape index (κ3) is 11.4. The zero-order chi connectivity index (χ0) is 12.4. The maximum atomic E-state index is 11.2. The van der Waals surface area contributed by atoms with Gasteiger partial charge in [-0.25, -0.2) is 4.79 Å². The average Bonchev–Trinajstić information content (AvgIpc) is 2.13. The van der Waals surface area contributed by atoms with Crippen molar-refractivity contribution >= 4 is 5.97 Å². The third-order valence-corrected chi connectivity index (χ3v) is 1.51. The van der Waals surface area contributed by atoms with Crippen molar-refractivity contribution in [1.29, 1.82) is 0 Å². The van der Waals surface area contributed by atoms with Crippen molar-refractivity contribution in [2.75, 3.05) is 40.0 Å². The smallest absolute Gasteiger partial charge is 0.332 e. The Morgan fingerprint density at radius 3 is 2.31 bits per heavy atom. The van der Waals surface area contributed by atoms with Gasteiger partial charge in [0.1, 0.15) is 12.2 Å². The summed E-state index contributed by atoms with van der Waals surface area (Å²) in [7, 11) is 1.86. The molecule has 1 N–H and O–H groups in total. The molecule has 0 aliphatic rings. The van der Waals surface area contributed by atoms with E-state index < -0.39 is 5.60 Å². The molecule has 5 heteroatoms. The second-order valence-corrected chi connectivity index (χ2v) is 4.35. The van der Waals surface area contributed by atoms with E-state index in [1.165, 1.54) is 0 Å². The van der Waals surface area contributed by atoms with Gasteiger partial charge in [-0.3, -0.25) is 0 Å². The fourth-order valence-corrected chi connectivity index (χ4v) is 0.921. The quantitative estimate of drug-likeness (QED) is 0.491. The summed E-state index contributed by atoms with van der Waals surface area (Å²) >= 11 is 0. The first kappa shape index (κ1) is 15.3. The van der Waals surface area contributed by atoms with E-state index in [1.807, 2.05) is 27.8 Å². The molecule has 0 radical (unpaired) electrons. The second kappa shape index (κ2) is 8.50. The molecule has 0 saturated carbocycles. The largest absolute Gasteiger partial charge is 0.458 e. The summed E-state index contributed by atoms with van der Waals surface area (Å²) in [5.74, 6) is -0.345. The molecule has 0 aromatic heterocycles. The topological polar surface area (TPSA) is 56.8 Å². The fraction of sp³-hybridized carbons (Fsp3) is 0.909. The second-order valence-electron chi connectivity index (χ2n) is 4.35. The van der Waals surface area contributed by atoms with E-state index in [-0.39, 0.29) is 12.6 Å². The number of hydrogen-bond donors (Lipinski definition) is 1. The van der Waals surface area contributed by atoms with Crippen molar-refractivity contribution in [3.8, 4) is 0 Å². The SMILES string of the molecule is CNCCOCCOCC(=O)OC(C)(C)C. The molecule has 0 aliphatic carbocycles. The highest BCUT2D eigenvalue weighted by Gasteiger charge is 2.15. The number of esters is 1. The number of nitrogens with one attached hydrogen (secondary N) is 1. The van der Waals surface area contributed by atoms with Crippen LogP contribution in [0.2, 0.25) is 0 Å². The minimum atomic E-state index is -0.455. The number of likely N-dealkylation sites (N-methyl/N-ethyl adjacent to an activating group) is 1. The molecular weight excluding hydrogens is 210 g/mol. The fourth-order valence-electron chi connectivity index (χ4n) is 0.921. The van der Waals surface area contributed by atoms with Gasteiger partial charge in [0.25, 0.3) is 0 Å². The van der Waals surface area contributed by atoms with Crippen molar-refractivity contribution < 1.29 is 19.0 Å². The lowest BCUT2D eigenvalue weighted by Crippen LogP contribution is -2.27. The van der Waals surface area contributed by atoms with Crippen LogP contribution in [0.4, 0.5) is 0 Å². The third-order valence-electron chi connectivity index (χ3n) is 1.51. The number of ether oxygens (including phenoxy) is 3. The summed E-state index contributed by atoms with van der Waals surface area (Å²) in [4.78, 5) is 11.2. The van der Waals surface area contributed by atoms with Gasteiger partial charge in [-0.2, -0.15) is 0 Å². The van der Waals surface area contributed by atoms with Crippen LogP contribution in [-0.2, 0) is 19.0 Å². The minimum Gasteiger partial charge on any atom is -0.458 e. The molecule has 0 aromatic rings. The van der Waals surface area contributed by atoms with Gasteiger partial charge >= 0.3 is 5.97 Å². The normalized spacial score (nSPS) is 11.5. The Balaban J connectivity index is 3.28. The molecule has 0 unspecified atom stereocenters. The van der Waals surface area contributed by atoms with Gasteiger partial charge in [0.15, 0.2) is 0 Å². The van der Waals surface area contributed by atoms with E-state index in [1.54, 1.807) is 0 Å². The van der Waals surface area contributed by atoms with Gasteiger partial charge < -0.3 is 19.5 Å². The molecule has 16 heavy (non-hydrogen) atoms. The Morgan fingerprint density at radius 2 is 1.75 bits per heavy atom. The van der Waals surface area contributed by atoms with Crippen LogP contribution in [-0.4, -0.2) is 51.6 Å². The Kier molecular flexibility index (Phi) is 8.15. The van der Waals surface area contributed by atoms with Crippen LogP contribution >= 0.6 is 0 Å². The first-order valence-electron chi connectivity index (χ1n) is 5.47. The lowest BCUT2D eigenvalue weighted by molar-refractivity contribution is -0.160. The number of rotatable bonds is 8.